The second-order valence-electron chi connectivity index (χ2n) is 8.31. The van der Waals surface area contributed by atoms with Crippen molar-refractivity contribution in [3.63, 3.8) is 0 Å². The number of sulfonamides is 1. The van der Waals surface area contributed by atoms with Gasteiger partial charge in [0.1, 0.15) is 5.82 Å². The molecule has 1 aromatic heterocycles. The van der Waals surface area contributed by atoms with Crippen LogP contribution in [-0.2, 0) is 21.4 Å². The Bertz CT molecular complexity index is 1430. The zero-order valence-electron chi connectivity index (χ0n) is 19.0. The lowest BCUT2D eigenvalue weighted by Gasteiger charge is -2.30. The Labute approximate surface area is 210 Å². The van der Waals surface area contributed by atoms with Crippen molar-refractivity contribution < 1.29 is 27.1 Å². The molecule has 0 saturated carbocycles. The maximum atomic E-state index is 13.3. The van der Waals surface area contributed by atoms with E-state index in [9.17, 15) is 17.6 Å². The number of carbonyl (C=O) groups is 1. The van der Waals surface area contributed by atoms with Gasteiger partial charge in [0.05, 0.1) is 21.0 Å². The number of hydrogen-bond acceptors (Lipinski definition) is 7. The summed E-state index contributed by atoms with van der Waals surface area (Å²) in [6, 6.07) is 8.55. The highest BCUT2D eigenvalue weighted by Gasteiger charge is 2.33. The second kappa shape index (κ2) is 9.92. The van der Waals surface area contributed by atoms with Crippen LogP contribution in [0.3, 0.4) is 0 Å². The Morgan fingerprint density at radius 1 is 1.23 bits per heavy atom. The average Bonchev–Trinajstić information content (AvgIpc) is 3.44. The zero-order chi connectivity index (χ0) is 24.6. The number of fused-ring (bicyclic) bond motifs is 2. The van der Waals surface area contributed by atoms with Gasteiger partial charge >= 0.3 is 0 Å². The van der Waals surface area contributed by atoms with Gasteiger partial charge in [-0.2, -0.15) is 21.1 Å². The molecule has 35 heavy (non-hydrogen) atoms. The number of benzene rings is 2. The van der Waals surface area contributed by atoms with Crippen LogP contribution in [0.5, 0.6) is 11.5 Å². The lowest BCUT2D eigenvalue weighted by Crippen LogP contribution is -2.42. The quantitative estimate of drug-likeness (QED) is 0.479. The molecule has 3 aromatic rings. The van der Waals surface area contributed by atoms with Crippen LogP contribution in [-0.4, -0.2) is 55.1 Å². The topological polar surface area (TPSA) is 90.2 Å². The van der Waals surface area contributed by atoms with E-state index in [1.165, 1.54) is 27.8 Å². The van der Waals surface area contributed by atoms with E-state index < -0.39 is 21.8 Å². The maximum Gasteiger partial charge on any atom is 0.252 e. The van der Waals surface area contributed by atoms with Gasteiger partial charge < -0.3 is 14.0 Å². The Balaban J connectivity index is 1.44. The Morgan fingerprint density at radius 2 is 1.97 bits per heavy atom. The number of amides is 1. The van der Waals surface area contributed by atoms with Crippen LogP contribution in [0.2, 0.25) is 0 Å². The maximum absolute atomic E-state index is 13.3. The molecule has 0 radical (unpaired) electrons. The summed E-state index contributed by atoms with van der Waals surface area (Å²) in [5.74, 6) is 0.788. The summed E-state index contributed by atoms with van der Waals surface area (Å²) in [7, 11) is -3.83. The largest absolute Gasteiger partial charge is 0.454 e. The highest BCUT2D eigenvalue weighted by Crippen LogP contribution is 2.37. The van der Waals surface area contributed by atoms with Gasteiger partial charge in [-0.1, -0.05) is 11.3 Å². The number of carbonyl (C=O) groups excluding carboxylic acids is 1. The van der Waals surface area contributed by atoms with Gasteiger partial charge in [-0.25, -0.2) is 12.8 Å². The van der Waals surface area contributed by atoms with Crippen LogP contribution in [0.15, 0.2) is 46.3 Å². The summed E-state index contributed by atoms with van der Waals surface area (Å²) in [4.78, 5) is 18.3. The number of thioether (sulfide) groups is 1. The van der Waals surface area contributed by atoms with Crippen LogP contribution >= 0.6 is 23.1 Å². The van der Waals surface area contributed by atoms with Gasteiger partial charge in [0.2, 0.25) is 16.8 Å². The fourth-order valence-electron chi connectivity index (χ4n) is 4.25. The molecule has 1 fully saturated rings. The van der Waals surface area contributed by atoms with E-state index in [2.05, 4.69) is 4.99 Å². The van der Waals surface area contributed by atoms with Gasteiger partial charge in [0.25, 0.3) is 5.91 Å². The Kier molecular flexibility index (Phi) is 6.88. The van der Waals surface area contributed by atoms with Crippen molar-refractivity contribution >= 4 is 49.2 Å². The fourth-order valence-corrected chi connectivity index (χ4v) is 7.21. The molecule has 1 saturated heterocycles. The first kappa shape index (κ1) is 24.3. The molecule has 12 heteroatoms. The number of halogens is 1. The van der Waals surface area contributed by atoms with E-state index in [1.807, 2.05) is 23.0 Å². The number of hydrogen-bond donors (Lipinski definition) is 0. The first-order chi connectivity index (χ1) is 16.9. The van der Waals surface area contributed by atoms with E-state index >= 15 is 0 Å². The van der Waals surface area contributed by atoms with Crippen LogP contribution in [0, 0.1) is 11.7 Å². The molecule has 3 heterocycles. The fraction of sp³-hybridized carbons (Fsp3) is 0.391. The van der Waals surface area contributed by atoms with Crippen molar-refractivity contribution in [1.29, 1.82) is 0 Å². The van der Waals surface area contributed by atoms with Gasteiger partial charge in [0.15, 0.2) is 16.3 Å². The Morgan fingerprint density at radius 3 is 2.71 bits per heavy atom. The van der Waals surface area contributed by atoms with E-state index in [-0.39, 0.29) is 24.1 Å². The highest BCUT2D eigenvalue weighted by molar-refractivity contribution is 7.98. The van der Waals surface area contributed by atoms with E-state index in [0.717, 1.165) is 28.1 Å². The van der Waals surface area contributed by atoms with Crippen molar-refractivity contribution in [3.8, 4) is 11.5 Å². The standard InChI is InChI=1S/C23H24FN3O5S3/c1-33-10-9-27-18-11-19-20(32-14-31-19)12-21(18)34-23(27)25-22(28)15-3-2-8-26(13-15)35(29,30)17-6-4-16(24)5-7-17/h4-7,11-12,15H,2-3,8-10,13-14H2,1H3. The molecule has 2 aliphatic rings. The summed E-state index contributed by atoms with van der Waals surface area (Å²) >= 11 is 3.10. The normalized spacial score (nSPS) is 18.9. The molecule has 0 spiro atoms. The minimum absolute atomic E-state index is 0.0147. The van der Waals surface area contributed by atoms with Crippen molar-refractivity contribution in [2.75, 3.05) is 31.9 Å². The molecule has 0 bridgehead atoms. The first-order valence-electron chi connectivity index (χ1n) is 11.1. The van der Waals surface area contributed by atoms with Gasteiger partial charge in [0, 0.05) is 37.5 Å². The molecule has 186 valence electrons. The number of thiazole rings is 1. The number of nitrogens with zero attached hydrogens (tertiary/aromatic N) is 3. The third-order valence-corrected chi connectivity index (χ3v) is 9.60. The zero-order valence-corrected chi connectivity index (χ0v) is 21.4. The molecular formula is C23H24FN3O5S3. The monoisotopic (exact) mass is 537 g/mol. The predicted molar refractivity (Wildman–Crippen MR) is 133 cm³/mol. The second-order valence-corrected chi connectivity index (χ2v) is 12.2. The molecule has 0 N–H and O–H groups in total. The summed E-state index contributed by atoms with van der Waals surface area (Å²) in [5, 5.41) is 0. The van der Waals surface area contributed by atoms with E-state index in [0.29, 0.717) is 42.2 Å². The van der Waals surface area contributed by atoms with Gasteiger partial charge in [-0.15, -0.1) is 0 Å². The molecule has 5 rings (SSSR count). The molecule has 1 atom stereocenters. The van der Waals surface area contributed by atoms with Gasteiger partial charge in [-0.3, -0.25) is 4.79 Å². The summed E-state index contributed by atoms with van der Waals surface area (Å²) in [6.45, 7) is 1.22. The average molecular weight is 538 g/mol. The number of piperidine rings is 1. The first-order valence-corrected chi connectivity index (χ1v) is 14.8. The van der Waals surface area contributed by atoms with Crippen molar-refractivity contribution in [2.45, 2.75) is 24.3 Å². The predicted octanol–water partition coefficient (Wildman–Crippen LogP) is 3.46. The van der Waals surface area contributed by atoms with E-state index in [1.54, 1.807) is 11.8 Å². The number of aryl methyl sites for hydroxylation is 1. The molecule has 0 aliphatic carbocycles. The molecule has 1 unspecified atom stereocenters. The Hall–Kier alpha value is -2.41. The molecular weight excluding hydrogens is 513 g/mol. The summed E-state index contributed by atoms with van der Waals surface area (Å²) in [6.07, 6.45) is 3.13. The van der Waals surface area contributed by atoms with Gasteiger partial charge in [-0.05, 0) is 43.4 Å². The number of ether oxygens (including phenoxy) is 2. The minimum atomic E-state index is -3.83. The van der Waals surface area contributed by atoms with Crippen molar-refractivity contribution in [3.05, 3.63) is 47.0 Å². The van der Waals surface area contributed by atoms with Crippen molar-refractivity contribution in [1.82, 2.24) is 8.87 Å². The summed E-state index contributed by atoms with van der Waals surface area (Å²) < 4.78 is 54.6. The number of rotatable bonds is 6. The van der Waals surface area contributed by atoms with E-state index in [4.69, 9.17) is 9.47 Å². The molecule has 8 nitrogen and oxygen atoms in total. The molecule has 2 aromatic carbocycles. The minimum Gasteiger partial charge on any atom is -0.454 e. The SMILES string of the molecule is CSCCn1c(=NC(=O)C2CCCN(S(=O)(=O)c3ccc(F)cc3)C2)sc2cc3c(cc21)OCO3. The highest BCUT2D eigenvalue weighted by atomic mass is 32.2. The molecule has 1 amide bonds. The third-order valence-electron chi connectivity index (χ3n) is 6.09. The lowest BCUT2D eigenvalue weighted by molar-refractivity contribution is -0.122. The van der Waals surface area contributed by atoms with Crippen LogP contribution < -0.4 is 14.3 Å². The smallest absolute Gasteiger partial charge is 0.252 e. The van der Waals surface area contributed by atoms with Crippen LogP contribution in [0.25, 0.3) is 10.2 Å². The molecule has 2 aliphatic heterocycles. The lowest BCUT2D eigenvalue weighted by atomic mass is 9.99. The van der Waals surface area contributed by atoms with Crippen LogP contribution in [0.1, 0.15) is 12.8 Å². The number of aromatic nitrogens is 1. The summed E-state index contributed by atoms with van der Waals surface area (Å²) in [5.41, 5.74) is 0.920. The van der Waals surface area contributed by atoms with Crippen LogP contribution in [0.4, 0.5) is 4.39 Å². The third kappa shape index (κ3) is 4.84. The van der Waals surface area contributed by atoms with Crippen molar-refractivity contribution in [2.24, 2.45) is 10.9 Å².